The Morgan fingerprint density at radius 2 is 1.86 bits per heavy atom. The van der Waals surface area contributed by atoms with E-state index >= 15 is 0 Å². The summed E-state index contributed by atoms with van der Waals surface area (Å²) in [4.78, 5) is 21.6. The first kappa shape index (κ1) is 15.5. The predicted octanol–water partition coefficient (Wildman–Crippen LogP) is 0.0278. The molecule has 8 heteroatoms. The predicted molar refractivity (Wildman–Crippen MR) is 73.8 cm³/mol. The summed E-state index contributed by atoms with van der Waals surface area (Å²) in [6.45, 7) is 1.75. The van der Waals surface area contributed by atoms with E-state index in [0.29, 0.717) is 6.54 Å². The quantitative estimate of drug-likeness (QED) is 0.798. The van der Waals surface area contributed by atoms with Gasteiger partial charge in [0.1, 0.15) is 0 Å². The van der Waals surface area contributed by atoms with E-state index in [1.165, 1.54) is 19.1 Å². The minimum Gasteiger partial charge on any atom is -0.481 e. The Morgan fingerprint density at radius 1 is 1.29 bits per heavy atom. The zero-order valence-electron chi connectivity index (χ0n) is 11.4. The molecule has 21 heavy (non-hydrogen) atoms. The van der Waals surface area contributed by atoms with Gasteiger partial charge in [-0.15, -0.1) is 0 Å². The molecule has 1 aromatic rings. The van der Waals surface area contributed by atoms with E-state index in [-0.39, 0.29) is 23.9 Å². The largest absolute Gasteiger partial charge is 0.481 e. The van der Waals surface area contributed by atoms with E-state index in [2.05, 4.69) is 5.32 Å². The van der Waals surface area contributed by atoms with Crippen LogP contribution in [0.5, 0.6) is 0 Å². The van der Waals surface area contributed by atoms with Crippen molar-refractivity contribution in [1.29, 1.82) is 0 Å². The summed E-state index contributed by atoms with van der Waals surface area (Å²) in [7, 11) is -3.63. The SMILES string of the molecule is CC(=O)NCc1ccc(S(=O)(=O)N2CC(C(=O)O)C2)cc1. The van der Waals surface area contributed by atoms with E-state index < -0.39 is 21.9 Å². The van der Waals surface area contributed by atoms with Crippen LogP contribution < -0.4 is 5.32 Å². The van der Waals surface area contributed by atoms with Gasteiger partial charge in [-0.1, -0.05) is 12.1 Å². The Balaban J connectivity index is 2.04. The molecule has 0 aromatic heterocycles. The van der Waals surface area contributed by atoms with Gasteiger partial charge in [0.05, 0.1) is 10.8 Å². The first-order valence-electron chi connectivity index (χ1n) is 6.37. The smallest absolute Gasteiger partial charge is 0.309 e. The standard InChI is InChI=1S/C13H16N2O5S/c1-9(16)14-6-10-2-4-12(5-3-10)21(19,20)15-7-11(8-15)13(17)18/h2-5,11H,6-8H2,1H3,(H,14,16)(H,17,18). The Bertz CT molecular complexity index is 648. The highest BCUT2D eigenvalue weighted by molar-refractivity contribution is 7.89. The van der Waals surface area contributed by atoms with Crippen molar-refractivity contribution >= 4 is 21.9 Å². The first-order valence-corrected chi connectivity index (χ1v) is 7.81. The maximum Gasteiger partial charge on any atom is 0.309 e. The normalized spacial score (nSPS) is 16.2. The molecule has 0 spiro atoms. The van der Waals surface area contributed by atoms with Crippen molar-refractivity contribution in [2.45, 2.75) is 18.4 Å². The molecule has 1 aliphatic heterocycles. The number of nitrogens with one attached hydrogen (secondary N) is 1. The van der Waals surface area contributed by atoms with Gasteiger partial charge in [-0.3, -0.25) is 9.59 Å². The Hall–Kier alpha value is -1.93. The molecule has 114 valence electrons. The summed E-state index contributed by atoms with van der Waals surface area (Å²) < 4.78 is 25.6. The zero-order valence-corrected chi connectivity index (χ0v) is 12.3. The molecule has 2 N–H and O–H groups in total. The number of aliphatic carboxylic acids is 1. The second-order valence-corrected chi connectivity index (χ2v) is 6.85. The summed E-state index contributed by atoms with van der Waals surface area (Å²) in [6, 6.07) is 6.16. The topological polar surface area (TPSA) is 104 Å². The fourth-order valence-corrected chi connectivity index (χ4v) is 3.48. The average molecular weight is 312 g/mol. The van der Waals surface area contributed by atoms with Crippen molar-refractivity contribution in [3.63, 3.8) is 0 Å². The number of hydrogen-bond donors (Lipinski definition) is 2. The van der Waals surface area contributed by atoms with Gasteiger partial charge in [0, 0.05) is 26.6 Å². The third-order valence-corrected chi connectivity index (χ3v) is 5.15. The Labute approximate surface area is 122 Å². The van der Waals surface area contributed by atoms with E-state index in [4.69, 9.17) is 5.11 Å². The van der Waals surface area contributed by atoms with Crippen LogP contribution in [-0.4, -0.2) is 42.8 Å². The minimum atomic E-state index is -3.63. The molecule has 0 unspecified atom stereocenters. The molecule has 1 amide bonds. The molecule has 1 aromatic carbocycles. The highest BCUT2D eigenvalue weighted by atomic mass is 32.2. The summed E-state index contributed by atoms with van der Waals surface area (Å²) in [5, 5.41) is 11.4. The number of carbonyl (C=O) groups excluding carboxylic acids is 1. The van der Waals surface area contributed by atoms with E-state index in [9.17, 15) is 18.0 Å². The number of hydrogen-bond acceptors (Lipinski definition) is 4. The fourth-order valence-electron chi connectivity index (χ4n) is 1.95. The molecule has 1 aliphatic rings. The molecular formula is C13H16N2O5S. The van der Waals surface area contributed by atoms with Crippen LogP contribution in [0.1, 0.15) is 12.5 Å². The molecule has 0 radical (unpaired) electrons. The van der Waals surface area contributed by atoms with Gasteiger partial charge in [-0.2, -0.15) is 4.31 Å². The van der Waals surface area contributed by atoms with Crippen molar-refractivity contribution in [2.75, 3.05) is 13.1 Å². The zero-order chi connectivity index (χ0) is 15.6. The molecule has 1 saturated heterocycles. The average Bonchev–Trinajstić information content (AvgIpc) is 2.34. The lowest BCUT2D eigenvalue weighted by Crippen LogP contribution is -2.52. The summed E-state index contributed by atoms with van der Waals surface area (Å²) >= 11 is 0. The molecule has 2 rings (SSSR count). The number of sulfonamides is 1. The van der Waals surface area contributed by atoms with Crippen LogP contribution in [0.3, 0.4) is 0 Å². The van der Waals surface area contributed by atoms with Crippen molar-refractivity contribution in [3.8, 4) is 0 Å². The molecule has 1 heterocycles. The lowest BCUT2D eigenvalue weighted by atomic mass is 10.0. The van der Waals surface area contributed by atoms with Gasteiger partial charge in [-0.05, 0) is 17.7 Å². The Morgan fingerprint density at radius 3 is 2.33 bits per heavy atom. The highest BCUT2D eigenvalue weighted by Gasteiger charge is 2.40. The summed E-state index contributed by atoms with van der Waals surface area (Å²) in [5.74, 6) is -1.77. The van der Waals surface area contributed by atoms with Crippen LogP contribution >= 0.6 is 0 Å². The maximum absolute atomic E-state index is 12.2. The molecule has 1 fully saturated rings. The van der Waals surface area contributed by atoms with Gasteiger partial charge in [-0.25, -0.2) is 8.42 Å². The minimum absolute atomic E-state index is 0.00527. The Kier molecular flexibility index (Phi) is 4.29. The van der Waals surface area contributed by atoms with E-state index in [0.717, 1.165) is 9.87 Å². The van der Waals surface area contributed by atoms with Gasteiger partial charge in [0.25, 0.3) is 0 Å². The van der Waals surface area contributed by atoms with Crippen molar-refractivity contribution < 1.29 is 23.1 Å². The van der Waals surface area contributed by atoms with Crippen LogP contribution in [0.2, 0.25) is 0 Å². The van der Waals surface area contributed by atoms with Crippen LogP contribution in [0.4, 0.5) is 0 Å². The van der Waals surface area contributed by atoms with Gasteiger partial charge < -0.3 is 10.4 Å². The number of carboxylic acid groups (broad SMARTS) is 1. The van der Waals surface area contributed by atoms with E-state index in [1.54, 1.807) is 12.1 Å². The summed E-state index contributed by atoms with van der Waals surface area (Å²) in [6.07, 6.45) is 0. The molecule has 7 nitrogen and oxygen atoms in total. The third-order valence-electron chi connectivity index (χ3n) is 3.30. The monoisotopic (exact) mass is 312 g/mol. The fraction of sp³-hybridized carbons (Fsp3) is 0.385. The van der Waals surface area contributed by atoms with Crippen molar-refractivity contribution in [2.24, 2.45) is 5.92 Å². The second kappa shape index (κ2) is 5.82. The summed E-state index contributed by atoms with van der Waals surface area (Å²) in [5.41, 5.74) is 0.788. The lowest BCUT2D eigenvalue weighted by molar-refractivity contribution is -0.145. The number of nitrogens with zero attached hydrogens (tertiary/aromatic N) is 1. The van der Waals surface area contributed by atoms with E-state index in [1.807, 2.05) is 0 Å². The molecule has 0 atom stereocenters. The maximum atomic E-state index is 12.2. The van der Waals surface area contributed by atoms with Gasteiger partial charge in [0.2, 0.25) is 15.9 Å². The molecule has 0 bridgehead atoms. The van der Waals surface area contributed by atoms with Crippen molar-refractivity contribution in [3.05, 3.63) is 29.8 Å². The lowest BCUT2D eigenvalue weighted by Gasteiger charge is -2.35. The van der Waals surface area contributed by atoms with Crippen LogP contribution in [0, 0.1) is 5.92 Å². The third kappa shape index (κ3) is 3.40. The number of carbonyl (C=O) groups is 2. The number of carboxylic acids is 1. The van der Waals surface area contributed by atoms with Crippen molar-refractivity contribution in [1.82, 2.24) is 9.62 Å². The molecule has 0 aliphatic carbocycles. The highest BCUT2D eigenvalue weighted by Crippen LogP contribution is 2.25. The molecular weight excluding hydrogens is 296 g/mol. The van der Waals surface area contributed by atoms with Crippen LogP contribution in [0.25, 0.3) is 0 Å². The van der Waals surface area contributed by atoms with Gasteiger partial charge >= 0.3 is 5.97 Å². The number of amides is 1. The van der Waals surface area contributed by atoms with Crippen LogP contribution in [-0.2, 0) is 26.2 Å². The molecule has 0 saturated carbocycles. The number of benzene rings is 1. The van der Waals surface area contributed by atoms with Gasteiger partial charge in [0.15, 0.2) is 0 Å². The first-order chi connectivity index (χ1) is 9.80. The number of rotatable bonds is 5. The second-order valence-electron chi connectivity index (χ2n) is 4.91. The van der Waals surface area contributed by atoms with Crippen LogP contribution in [0.15, 0.2) is 29.2 Å².